The second-order valence-electron chi connectivity index (χ2n) is 4.93. The summed E-state index contributed by atoms with van der Waals surface area (Å²) in [5.74, 6) is 1.27. The molecule has 16 heavy (non-hydrogen) atoms. The van der Waals surface area contributed by atoms with Gasteiger partial charge in [0.25, 0.3) is 0 Å². The van der Waals surface area contributed by atoms with Gasteiger partial charge in [0.15, 0.2) is 5.82 Å². The number of aromatic nitrogens is 2. The summed E-state index contributed by atoms with van der Waals surface area (Å²) in [6, 6.07) is 0. The highest BCUT2D eigenvalue weighted by atomic mass is 16.5. The average Bonchev–Trinajstić information content (AvgIpc) is 2.87. The van der Waals surface area contributed by atoms with Crippen molar-refractivity contribution in [2.45, 2.75) is 39.8 Å². The Balaban J connectivity index is 1.91. The molecule has 1 unspecified atom stereocenters. The molecule has 5 heteroatoms. The van der Waals surface area contributed by atoms with Crippen molar-refractivity contribution in [2.24, 2.45) is 11.1 Å². The zero-order chi connectivity index (χ0) is 11.6. The molecule has 2 rings (SSSR count). The fourth-order valence-corrected chi connectivity index (χ4v) is 2.19. The van der Waals surface area contributed by atoms with E-state index >= 15 is 0 Å². The van der Waals surface area contributed by atoms with Crippen LogP contribution in [0.3, 0.4) is 0 Å². The van der Waals surface area contributed by atoms with Crippen molar-refractivity contribution in [2.75, 3.05) is 13.1 Å². The van der Waals surface area contributed by atoms with Crippen LogP contribution in [0.4, 0.5) is 0 Å². The molecule has 0 aromatic carbocycles. The van der Waals surface area contributed by atoms with E-state index in [1.54, 1.807) is 0 Å². The minimum atomic E-state index is 0.319. The first-order valence-corrected chi connectivity index (χ1v) is 5.89. The van der Waals surface area contributed by atoms with Crippen molar-refractivity contribution >= 4 is 0 Å². The van der Waals surface area contributed by atoms with E-state index < -0.39 is 0 Å². The summed E-state index contributed by atoms with van der Waals surface area (Å²) in [6.07, 6.45) is 2.48. The van der Waals surface area contributed by atoms with Crippen LogP contribution < -0.4 is 5.73 Å². The van der Waals surface area contributed by atoms with Crippen molar-refractivity contribution in [3.63, 3.8) is 0 Å². The molecule has 2 N–H and O–H groups in total. The van der Waals surface area contributed by atoms with Crippen LogP contribution in [0.25, 0.3) is 0 Å². The van der Waals surface area contributed by atoms with Crippen LogP contribution in [0.1, 0.15) is 38.4 Å². The molecule has 1 atom stereocenters. The Morgan fingerprint density at radius 2 is 2.38 bits per heavy atom. The predicted octanol–water partition coefficient (Wildman–Crippen LogP) is 1.15. The SMILES string of the molecule is CCC1(C)CCN(Cc2noc(CN)n2)C1. The smallest absolute Gasteiger partial charge is 0.240 e. The Kier molecular flexibility index (Phi) is 3.25. The van der Waals surface area contributed by atoms with Gasteiger partial charge in [0.05, 0.1) is 13.1 Å². The van der Waals surface area contributed by atoms with Crippen molar-refractivity contribution in [3.05, 3.63) is 11.7 Å². The summed E-state index contributed by atoms with van der Waals surface area (Å²) in [5, 5.41) is 3.92. The topological polar surface area (TPSA) is 68.2 Å². The molecule has 0 aliphatic carbocycles. The summed E-state index contributed by atoms with van der Waals surface area (Å²) in [5.41, 5.74) is 5.88. The zero-order valence-electron chi connectivity index (χ0n) is 10.1. The number of rotatable bonds is 4. The van der Waals surface area contributed by atoms with E-state index in [0.717, 1.165) is 25.5 Å². The lowest BCUT2D eigenvalue weighted by molar-refractivity contribution is 0.255. The Morgan fingerprint density at radius 1 is 1.56 bits per heavy atom. The van der Waals surface area contributed by atoms with Crippen LogP contribution in [0, 0.1) is 5.41 Å². The molecule has 1 aromatic rings. The molecule has 1 saturated heterocycles. The molecule has 0 spiro atoms. The summed E-state index contributed by atoms with van der Waals surface area (Å²) in [6.45, 7) is 7.94. The predicted molar refractivity (Wildman–Crippen MR) is 60.5 cm³/mol. The van der Waals surface area contributed by atoms with Crippen molar-refractivity contribution in [3.8, 4) is 0 Å². The van der Waals surface area contributed by atoms with E-state index in [1.807, 2.05) is 0 Å². The number of nitrogens with two attached hydrogens (primary N) is 1. The van der Waals surface area contributed by atoms with E-state index in [2.05, 4.69) is 28.9 Å². The van der Waals surface area contributed by atoms with Gasteiger partial charge in [-0.1, -0.05) is 19.0 Å². The lowest BCUT2D eigenvalue weighted by atomic mass is 9.87. The lowest BCUT2D eigenvalue weighted by Gasteiger charge is -2.21. The van der Waals surface area contributed by atoms with Crippen LogP contribution >= 0.6 is 0 Å². The number of nitrogens with zero attached hydrogens (tertiary/aromatic N) is 3. The van der Waals surface area contributed by atoms with Crippen molar-refractivity contribution < 1.29 is 4.52 Å². The summed E-state index contributed by atoms with van der Waals surface area (Å²) >= 11 is 0. The first kappa shape index (κ1) is 11.5. The van der Waals surface area contributed by atoms with Gasteiger partial charge in [-0.05, 0) is 24.8 Å². The number of hydrogen-bond acceptors (Lipinski definition) is 5. The van der Waals surface area contributed by atoms with E-state index in [4.69, 9.17) is 10.3 Å². The average molecular weight is 224 g/mol. The second-order valence-corrected chi connectivity index (χ2v) is 4.93. The summed E-state index contributed by atoms with van der Waals surface area (Å²) < 4.78 is 4.99. The fourth-order valence-electron chi connectivity index (χ4n) is 2.19. The quantitative estimate of drug-likeness (QED) is 0.831. The monoisotopic (exact) mass is 224 g/mol. The van der Waals surface area contributed by atoms with Gasteiger partial charge in [-0.3, -0.25) is 4.90 Å². The Hall–Kier alpha value is -0.940. The van der Waals surface area contributed by atoms with Gasteiger partial charge < -0.3 is 10.3 Å². The zero-order valence-corrected chi connectivity index (χ0v) is 10.1. The fraction of sp³-hybridized carbons (Fsp3) is 0.818. The molecule has 2 heterocycles. The maximum Gasteiger partial charge on any atom is 0.240 e. The van der Waals surface area contributed by atoms with Crippen LogP contribution in [-0.2, 0) is 13.1 Å². The second kappa shape index (κ2) is 4.51. The van der Waals surface area contributed by atoms with Crippen molar-refractivity contribution in [1.29, 1.82) is 0 Å². The van der Waals surface area contributed by atoms with E-state index in [0.29, 0.717) is 17.9 Å². The molecule has 0 saturated carbocycles. The Labute approximate surface area is 96.0 Å². The highest BCUT2D eigenvalue weighted by Gasteiger charge is 2.32. The Bertz CT molecular complexity index is 352. The van der Waals surface area contributed by atoms with Gasteiger partial charge in [0, 0.05) is 6.54 Å². The van der Waals surface area contributed by atoms with E-state index in [1.165, 1.54) is 12.8 Å². The van der Waals surface area contributed by atoms with Crippen molar-refractivity contribution in [1.82, 2.24) is 15.0 Å². The van der Waals surface area contributed by atoms with Gasteiger partial charge in [-0.15, -0.1) is 0 Å². The molecular formula is C11H20N4O. The highest BCUT2D eigenvalue weighted by molar-refractivity contribution is 4.90. The maximum absolute atomic E-state index is 5.43. The van der Waals surface area contributed by atoms with Gasteiger partial charge in [-0.25, -0.2) is 0 Å². The van der Waals surface area contributed by atoms with Gasteiger partial charge in [-0.2, -0.15) is 4.98 Å². The van der Waals surface area contributed by atoms with Crippen LogP contribution in [-0.4, -0.2) is 28.1 Å². The summed E-state index contributed by atoms with van der Waals surface area (Å²) in [7, 11) is 0. The highest BCUT2D eigenvalue weighted by Crippen LogP contribution is 2.33. The maximum atomic E-state index is 5.43. The van der Waals surface area contributed by atoms with E-state index in [9.17, 15) is 0 Å². The Morgan fingerprint density at radius 3 is 2.94 bits per heavy atom. The normalized spacial score (nSPS) is 26.4. The molecular weight excluding hydrogens is 204 g/mol. The van der Waals surface area contributed by atoms with Crippen LogP contribution in [0.15, 0.2) is 4.52 Å². The minimum absolute atomic E-state index is 0.319. The first-order chi connectivity index (χ1) is 7.65. The molecule has 1 aliphatic rings. The molecule has 0 bridgehead atoms. The molecule has 1 fully saturated rings. The molecule has 0 radical (unpaired) electrons. The van der Waals surface area contributed by atoms with Crippen LogP contribution in [0.5, 0.6) is 0 Å². The molecule has 1 aliphatic heterocycles. The number of likely N-dealkylation sites (tertiary alicyclic amines) is 1. The largest absolute Gasteiger partial charge is 0.338 e. The lowest BCUT2D eigenvalue weighted by Crippen LogP contribution is -2.24. The van der Waals surface area contributed by atoms with E-state index in [-0.39, 0.29) is 0 Å². The van der Waals surface area contributed by atoms with Gasteiger partial charge in [0.2, 0.25) is 5.89 Å². The molecule has 5 nitrogen and oxygen atoms in total. The summed E-state index contributed by atoms with van der Waals surface area (Å²) in [4.78, 5) is 6.60. The van der Waals surface area contributed by atoms with Gasteiger partial charge in [0.1, 0.15) is 0 Å². The van der Waals surface area contributed by atoms with Gasteiger partial charge >= 0.3 is 0 Å². The third-order valence-electron chi connectivity index (χ3n) is 3.54. The molecule has 1 aromatic heterocycles. The first-order valence-electron chi connectivity index (χ1n) is 5.89. The van der Waals surface area contributed by atoms with Crippen LogP contribution in [0.2, 0.25) is 0 Å². The number of hydrogen-bond donors (Lipinski definition) is 1. The molecule has 90 valence electrons. The standard InChI is InChI=1S/C11H20N4O/c1-3-11(2)4-5-15(8-11)7-9-13-10(6-12)16-14-9/h3-8,12H2,1-2H3. The molecule has 0 amide bonds. The minimum Gasteiger partial charge on any atom is -0.338 e. The third kappa shape index (κ3) is 2.41. The third-order valence-corrected chi connectivity index (χ3v) is 3.54.